The molecule has 0 aliphatic heterocycles. The highest BCUT2D eigenvalue weighted by Crippen LogP contribution is 2.27. The molecule has 1 aromatic carbocycles. The molecule has 1 amide bonds. The fourth-order valence-electron chi connectivity index (χ4n) is 2.92. The molecule has 0 aliphatic rings. The van der Waals surface area contributed by atoms with Crippen LogP contribution in [-0.4, -0.2) is 41.8 Å². The molecule has 0 radical (unpaired) electrons. The summed E-state index contributed by atoms with van der Waals surface area (Å²) >= 11 is 1.10. The van der Waals surface area contributed by atoms with Gasteiger partial charge in [-0.15, -0.1) is 11.3 Å². The average Bonchev–Trinajstić information content (AvgIpc) is 3.04. The molecule has 9 heteroatoms. The number of amides is 1. The first-order chi connectivity index (χ1) is 14.3. The molecule has 8 nitrogen and oxygen atoms in total. The standard InChI is InChI=1S/C21H23N3O5S/c1-12-5-6-15(9-13(12)2)23-16(25)10-24-11-22-19-17(20(24)26)14(3)18(30-19)21(27)29-8-7-28-4/h5-6,9,11H,7-8,10H2,1-4H3,(H,23,25). The van der Waals surface area contributed by atoms with E-state index in [-0.39, 0.29) is 31.2 Å². The van der Waals surface area contributed by atoms with Gasteiger partial charge in [-0.25, -0.2) is 9.78 Å². The van der Waals surface area contributed by atoms with Crippen molar-refractivity contribution < 1.29 is 19.1 Å². The van der Waals surface area contributed by atoms with Crippen LogP contribution >= 0.6 is 11.3 Å². The van der Waals surface area contributed by atoms with Crippen molar-refractivity contribution in [1.29, 1.82) is 0 Å². The van der Waals surface area contributed by atoms with Gasteiger partial charge < -0.3 is 14.8 Å². The maximum Gasteiger partial charge on any atom is 0.348 e. The number of hydrogen-bond donors (Lipinski definition) is 1. The highest BCUT2D eigenvalue weighted by molar-refractivity contribution is 7.20. The van der Waals surface area contributed by atoms with Crippen LogP contribution in [0.25, 0.3) is 10.2 Å². The Labute approximate surface area is 177 Å². The maximum atomic E-state index is 12.9. The van der Waals surface area contributed by atoms with Gasteiger partial charge >= 0.3 is 5.97 Å². The lowest BCUT2D eigenvalue weighted by atomic mass is 10.1. The Morgan fingerprint density at radius 1 is 1.17 bits per heavy atom. The number of benzene rings is 1. The molecular formula is C21H23N3O5S. The van der Waals surface area contributed by atoms with Crippen LogP contribution in [0.1, 0.15) is 26.4 Å². The second kappa shape index (κ2) is 9.19. The van der Waals surface area contributed by atoms with Gasteiger partial charge in [0.15, 0.2) is 0 Å². The Hall–Kier alpha value is -3.04. The first kappa shape index (κ1) is 21.7. The minimum atomic E-state index is -0.522. The SMILES string of the molecule is COCCOC(=O)c1sc2ncn(CC(=O)Nc3ccc(C)c(C)c3)c(=O)c2c1C. The number of aromatic nitrogens is 2. The number of esters is 1. The molecule has 158 valence electrons. The Morgan fingerprint density at radius 3 is 2.63 bits per heavy atom. The number of hydrogen-bond acceptors (Lipinski definition) is 7. The first-order valence-corrected chi connectivity index (χ1v) is 10.1. The van der Waals surface area contributed by atoms with E-state index in [0.717, 1.165) is 22.5 Å². The maximum absolute atomic E-state index is 12.9. The zero-order valence-electron chi connectivity index (χ0n) is 17.3. The number of carbonyl (C=O) groups is 2. The third-order valence-corrected chi connectivity index (χ3v) is 5.91. The van der Waals surface area contributed by atoms with Crippen molar-refractivity contribution in [1.82, 2.24) is 9.55 Å². The highest BCUT2D eigenvalue weighted by atomic mass is 32.1. The number of carbonyl (C=O) groups excluding carboxylic acids is 2. The van der Waals surface area contributed by atoms with E-state index in [9.17, 15) is 14.4 Å². The molecule has 3 aromatic rings. The number of nitrogens with one attached hydrogen (secondary N) is 1. The summed E-state index contributed by atoms with van der Waals surface area (Å²) in [5.41, 5.74) is 2.98. The molecule has 3 rings (SSSR count). The van der Waals surface area contributed by atoms with Gasteiger partial charge in [0.1, 0.15) is 22.9 Å². The summed E-state index contributed by atoms with van der Waals surface area (Å²) < 4.78 is 11.2. The Kier molecular flexibility index (Phi) is 6.63. The number of methoxy groups -OCH3 is 1. The average molecular weight is 429 g/mol. The zero-order valence-corrected chi connectivity index (χ0v) is 18.1. The topological polar surface area (TPSA) is 99.5 Å². The number of aryl methyl sites for hydroxylation is 3. The summed E-state index contributed by atoms with van der Waals surface area (Å²) in [6, 6.07) is 5.61. The van der Waals surface area contributed by atoms with E-state index >= 15 is 0 Å². The molecule has 0 bridgehead atoms. The summed E-state index contributed by atoms with van der Waals surface area (Å²) in [5, 5.41) is 3.11. The largest absolute Gasteiger partial charge is 0.459 e. The minimum Gasteiger partial charge on any atom is -0.459 e. The quantitative estimate of drug-likeness (QED) is 0.458. The van der Waals surface area contributed by atoms with Crippen molar-refractivity contribution >= 4 is 39.1 Å². The van der Waals surface area contributed by atoms with Gasteiger partial charge in [-0.05, 0) is 49.6 Å². The van der Waals surface area contributed by atoms with E-state index in [2.05, 4.69) is 10.3 Å². The van der Waals surface area contributed by atoms with Crippen LogP contribution in [-0.2, 0) is 20.8 Å². The van der Waals surface area contributed by atoms with Crippen LogP contribution in [0.2, 0.25) is 0 Å². The first-order valence-electron chi connectivity index (χ1n) is 9.33. The van der Waals surface area contributed by atoms with E-state index in [0.29, 0.717) is 26.3 Å². The fourth-order valence-corrected chi connectivity index (χ4v) is 3.96. The van der Waals surface area contributed by atoms with Crippen molar-refractivity contribution in [3.05, 3.63) is 56.4 Å². The highest BCUT2D eigenvalue weighted by Gasteiger charge is 2.21. The second-order valence-corrected chi connectivity index (χ2v) is 7.89. The zero-order chi connectivity index (χ0) is 21.8. The van der Waals surface area contributed by atoms with Crippen molar-refractivity contribution in [2.45, 2.75) is 27.3 Å². The van der Waals surface area contributed by atoms with Crippen molar-refractivity contribution in [3.63, 3.8) is 0 Å². The van der Waals surface area contributed by atoms with Crippen LogP contribution in [0.15, 0.2) is 29.3 Å². The van der Waals surface area contributed by atoms with Crippen molar-refractivity contribution in [2.75, 3.05) is 25.6 Å². The Morgan fingerprint density at radius 2 is 1.93 bits per heavy atom. The van der Waals surface area contributed by atoms with Gasteiger partial charge in [0.25, 0.3) is 5.56 Å². The molecule has 1 N–H and O–H groups in total. The van der Waals surface area contributed by atoms with E-state index in [1.807, 2.05) is 32.0 Å². The van der Waals surface area contributed by atoms with Gasteiger partial charge in [-0.2, -0.15) is 0 Å². The number of nitrogens with zero attached hydrogens (tertiary/aromatic N) is 2. The van der Waals surface area contributed by atoms with Gasteiger partial charge in [-0.1, -0.05) is 6.07 Å². The monoisotopic (exact) mass is 429 g/mol. The van der Waals surface area contributed by atoms with Crippen molar-refractivity contribution in [3.8, 4) is 0 Å². The molecule has 0 saturated carbocycles. The lowest BCUT2D eigenvalue weighted by Gasteiger charge is -2.09. The number of thiophene rings is 1. The van der Waals surface area contributed by atoms with Gasteiger partial charge in [-0.3, -0.25) is 14.2 Å². The molecule has 0 unspecified atom stereocenters. The Balaban J connectivity index is 1.81. The fraction of sp³-hybridized carbons (Fsp3) is 0.333. The summed E-state index contributed by atoms with van der Waals surface area (Å²) in [4.78, 5) is 42.6. The predicted molar refractivity (Wildman–Crippen MR) is 115 cm³/mol. The van der Waals surface area contributed by atoms with Gasteiger partial charge in [0.2, 0.25) is 5.91 Å². The smallest absolute Gasteiger partial charge is 0.348 e. The number of fused-ring (bicyclic) bond motifs is 1. The van der Waals surface area contributed by atoms with Gasteiger partial charge in [0.05, 0.1) is 18.3 Å². The third-order valence-electron chi connectivity index (χ3n) is 4.73. The lowest BCUT2D eigenvalue weighted by Crippen LogP contribution is -2.28. The molecule has 2 heterocycles. The predicted octanol–water partition coefficient (Wildman–Crippen LogP) is 2.83. The van der Waals surface area contributed by atoms with E-state index in [1.54, 1.807) is 6.92 Å². The number of ether oxygens (including phenoxy) is 2. The van der Waals surface area contributed by atoms with Crippen LogP contribution < -0.4 is 10.9 Å². The normalized spacial score (nSPS) is 10.9. The van der Waals surface area contributed by atoms with Crippen LogP contribution in [0.5, 0.6) is 0 Å². The molecule has 30 heavy (non-hydrogen) atoms. The molecule has 0 saturated heterocycles. The summed E-state index contributed by atoms with van der Waals surface area (Å²) in [7, 11) is 1.51. The minimum absolute atomic E-state index is 0.124. The molecular weight excluding hydrogens is 406 g/mol. The van der Waals surface area contributed by atoms with E-state index in [4.69, 9.17) is 9.47 Å². The Bertz CT molecular complexity index is 1170. The number of anilines is 1. The van der Waals surface area contributed by atoms with Crippen LogP contribution in [0.4, 0.5) is 5.69 Å². The number of rotatable bonds is 7. The van der Waals surface area contributed by atoms with Crippen LogP contribution in [0, 0.1) is 20.8 Å². The third kappa shape index (κ3) is 4.58. The van der Waals surface area contributed by atoms with E-state index in [1.165, 1.54) is 18.0 Å². The molecule has 0 spiro atoms. The molecule has 0 aliphatic carbocycles. The molecule has 0 fully saturated rings. The van der Waals surface area contributed by atoms with E-state index < -0.39 is 5.97 Å². The van der Waals surface area contributed by atoms with Gasteiger partial charge in [0, 0.05) is 12.8 Å². The second-order valence-electron chi connectivity index (χ2n) is 6.89. The lowest BCUT2D eigenvalue weighted by molar-refractivity contribution is -0.116. The summed E-state index contributed by atoms with van der Waals surface area (Å²) in [6.45, 7) is 5.86. The van der Waals surface area contributed by atoms with Crippen molar-refractivity contribution in [2.24, 2.45) is 0 Å². The summed E-state index contributed by atoms with van der Waals surface area (Å²) in [5.74, 6) is -0.862. The van der Waals surface area contributed by atoms with Crippen LogP contribution in [0.3, 0.4) is 0 Å². The molecule has 0 atom stereocenters. The summed E-state index contributed by atoms with van der Waals surface area (Å²) in [6.07, 6.45) is 1.32. The molecule has 2 aromatic heterocycles.